The van der Waals surface area contributed by atoms with Crippen LogP contribution in [0, 0.1) is 0 Å². The van der Waals surface area contributed by atoms with Crippen LogP contribution in [-0.4, -0.2) is 42.5 Å². The van der Waals surface area contributed by atoms with E-state index >= 15 is 0 Å². The SMILES string of the molecule is CCOC(=O)c1ccc(NC(=O)C(CC)OC(=O)C(C)NC(=O)c2ccccc2)cc1. The van der Waals surface area contributed by atoms with Crippen LogP contribution in [0.1, 0.15) is 47.9 Å². The second kappa shape index (κ2) is 11.5. The lowest BCUT2D eigenvalue weighted by atomic mass is 10.2. The topological polar surface area (TPSA) is 111 Å². The van der Waals surface area contributed by atoms with Crippen LogP contribution in [0.2, 0.25) is 0 Å². The Balaban J connectivity index is 1.92. The fraction of sp³-hybridized carbons (Fsp3) is 0.304. The van der Waals surface area contributed by atoms with E-state index in [1.54, 1.807) is 56.3 Å². The average molecular weight is 426 g/mol. The lowest BCUT2D eigenvalue weighted by Crippen LogP contribution is -2.42. The van der Waals surface area contributed by atoms with E-state index in [9.17, 15) is 19.2 Å². The molecule has 0 fully saturated rings. The molecule has 0 aliphatic rings. The van der Waals surface area contributed by atoms with Crippen LogP contribution in [0.15, 0.2) is 54.6 Å². The van der Waals surface area contributed by atoms with Gasteiger partial charge in [0.05, 0.1) is 12.2 Å². The van der Waals surface area contributed by atoms with Gasteiger partial charge in [-0.25, -0.2) is 9.59 Å². The van der Waals surface area contributed by atoms with E-state index in [1.165, 1.54) is 19.1 Å². The minimum Gasteiger partial charge on any atom is -0.462 e. The molecule has 31 heavy (non-hydrogen) atoms. The first-order valence-corrected chi connectivity index (χ1v) is 10.00. The number of rotatable bonds is 9. The number of hydrogen-bond donors (Lipinski definition) is 2. The fourth-order valence-corrected chi connectivity index (χ4v) is 2.62. The zero-order chi connectivity index (χ0) is 22.8. The van der Waals surface area contributed by atoms with Crippen LogP contribution in [-0.2, 0) is 19.1 Å². The van der Waals surface area contributed by atoms with Gasteiger partial charge in [0.15, 0.2) is 6.10 Å². The highest BCUT2D eigenvalue weighted by Gasteiger charge is 2.25. The Hall–Kier alpha value is -3.68. The van der Waals surface area contributed by atoms with Gasteiger partial charge in [0, 0.05) is 11.3 Å². The number of benzene rings is 2. The summed E-state index contributed by atoms with van der Waals surface area (Å²) in [7, 11) is 0. The summed E-state index contributed by atoms with van der Waals surface area (Å²) in [5, 5.41) is 5.20. The van der Waals surface area contributed by atoms with E-state index in [0.717, 1.165) is 0 Å². The predicted molar refractivity (Wildman–Crippen MR) is 115 cm³/mol. The van der Waals surface area contributed by atoms with Crippen molar-refractivity contribution in [1.82, 2.24) is 5.32 Å². The first-order valence-electron chi connectivity index (χ1n) is 10.00. The molecule has 2 amide bonds. The number of amides is 2. The molecule has 2 rings (SSSR count). The third-order valence-electron chi connectivity index (χ3n) is 4.32. The maximum atomic E-state index is 12.5. The highest BCUT2D eigenvalue weighted by Crippen LogP contribution is 2.13. The molecule has 2 unspecified atom stereocenters. The molecule has 8 heteroatoms. The molecule has 2 aromatic carbocycles. The Morgan fingerprint density at radius 1 is 0.903 bits per heavy atom. The zero-order valence-electron chi connectivity index (χ0n) is 17.7. The largest absolute Gasteiger partial charge is 0.462 e. The van der Waals surface area contributed by atoms with Crippen molar-refractivity contribution in [1.29, 1.82) is 0 Å². The molecule has 0 aliphatic heterocycles. The van der Waals surface area contributed by atoms with Crippen LogP contribution in [0.3, 0.4) is 0 Å². The summed E-state index contributed by atoms with van der Waals surface area (Å²) in [4.78, 5) is 48.7. The van der Waals surface area contributed by atoms with Crippen LogP contribution in [0.4, 0.5) is 5.69 Å². The molecule has 2 aromatic rings. The van der Waals surface area contributed by atoms with Gasteiger partial charge in [0.25, 0.3) is 11.8 Å². The predicted octanol–water partition coefficient (Wildman–Crippen LogP) is 2.94. The molecule has 0 aromatic heterocycles. The van der Waals surface area contributed by atoms with E-state index in [1.807, 2.05) is 0 Å². The maximum absolute atomic E-state index is 12.5. The number of carbonyl (C=O) groups excluding carboxylic acids is 4. The smallest absolute Gasteiger partial charge is 0.338 e. The lowest BCUT2D eigenvalue weighted by molar-refractivity contribution is -0.155. The minimum atomic E-state index is -1.03. The third-order valence-corrected chi connectivity index (χ3v) is 4.32. The van der Waals surface area contributed by atoms with Crippen molar-refractivity contribution in [2.24, 2.45) is 0 Å². The van der Waals surface area contributed by atoms with Gasteiger partial charge < -0.3 is 20.1 Å². The highest BCUT2D eigenvalue weighted by atomic mass is 16.5. The number of hydrogen-bond acceptors (Lipinski definition) is 6. The average Bonchev–Trinajstić information content (AvgIpc) is 2.78. The molecular formula is C23H26N2O6. The van der Waals surface area contributed by atoms with Gasteiger partial charge in [-0.05, 0) is 56.7 Å². The van der Waals surface area contributed by atoms with Crippen molar-refractivity contribution in [2.75, 3.05) is 11.9 Å². The van der Waals surface area contributed by atoms with Crippen molar-refractivity contribution in [3.8, 4) is 0 Å². The van der Waals surface area contributed by atoms with Crippen LogP contribution in [0.25, 0.3) is 0 Å². The molecule has 2 N–H and O–H groups in total. The molecule has 0 saturated carbocycles. The second-order valence-corrected chi connectivity index (χ2v) is 6.68. The van der Waals surface area contributed by atoms with Gasteiger partial charge in [0.1, 0.15) is 6.04 Å². The van der Waals surface area contributed by atoms with Crippen molar-refractivity contribution < 1.29 is 28.7 Å². The summed E-state index contributed by atoms with van der Waals surface area (Å²) in [6, 6.07) is 13.7. The quantitative estimate of drug-likeness (QED) is 0.597. The molecule has 0 saturated heterocycles. The summed E-state index contributed by atoms with van der Waals surface area (Å²) in [6.07, 6.45) is -0.786. The normalized spacial score (nSPS) is 12.2. The van der Waals surface area contributed by atoms with Crippen LogP contribution in [0.5, 0.6) is 0 Å². The molecule has 0 bridgehead atoms. The Labute approximate surface area is 180 Å². The Bertz CT molecular complexity index is 911. The van der Waals surface area contributed by atoms with Crippen molar-refractivity contribution in [3.05, 3.63) is 65.7 Å². The van der Waals surface area contributed by atoms with Crippen molar-refractivity contribution in [3.63, 3.8) is 0 Å². The minimum absolute atomic E-state index is 0.248. The van der Waals surface area contributed by atoms with E-state index in [2.05, 4.69) is 10.6 Å². The number of esters is 2. The molecule has 0 heterocycles. The van der Waals surface area contributed by atoms with Gasteiger partial charge in [-0.2, -0.15) is 0 Å². The van der Waals surface area contributed by atoms with Crippen molar-refractivity contribution >= 4 is 29.4 Å². The maximum Gasteiger partial charge on any atom is 0.338 e. The first kappa shape index (κ1) is 23.6. The number of carbonyl (C=O) groups is 4. The van der Waals surface area contributed by atoms with E-state index in [-0.39, 0.29) is 13.0 Å². The Morgan fingerprint density at radius 2 is 1.55 bits per heavy atom. The monoisotopic (exact) mass is 426 g/mol. The van der Waals surface area contributed by atoms with Crippen LogP contribution < -0.4 is 10.6 Å². The Morgan fingerprint density at radius 3 is 2.13 bits per heavy atom. The number of nitrogens with one attached hydrogen (secondary N) is 2. The summed E-state index contributed by atoms with van der Waals surface area (Å²) in [5.41, 5.74) is 1.22. The molecule has 0 aliphatic carbocycles. The van der Waals surface area contributed by atoms with Gasteiger partial charge in [-0.15, -0.1) is 0 Å². The lowest BCUT2D eigenvalue weighted by Gasteiger charge is -2.19. The van der Waals surface area contributed by atoms with Crippen molar-refractivity contribution in [2.45, 2.75) is 39.3 Å². The summed E-state index contributed by atoms with van der Waals surface area (Å²) < 4.78 is 10.2. The fourth-order valence-electron chi connectivity index (χ4n) is 2.62. The molecule has 164 valence electrons. The highest BCUT2D eigenvalue weighted by molar-refractivity contribution is 5.98. The molecule has 0 spiro atoms. The van der Waals surface area contributed by atoms with E-state index in [4.69, 9.17) is 9.47 Å². The standard InChI is InChI=1S/C23H26N2O6/c1-4-19(21(27)25-18-13-11-17(12-14-18)23(29)30-5-2)31-22(28)15(3)24-20(26)16-9-7-6-8-10-16/h6-15,19H,4-5H2,1-3H3,(H,24,26)(H,25,27). The zero-order valence-corrected chi connectivity index (χ0v) is 17.7. The van der Waals surface area contributed by atoms with Gasteiger partial charge >= 0.3 is 11.9 Å². The first-order chi connectivity index (χ1) is 14.8. The summed E-state index contributed by atoms with van der Waals surface area (Å²) >= 11 is 0. The molecular weight excluding hydrogens is 400 g/mol. The Kier molecular flexibility index (Phi) is 8.75. The second-order valence-electron chi connectivity index (χ2n) is 6.68. The molecule has 8 nitrogen and oxygen atoms in total. The summed E-state index contributed by atoms with van der Waals surface area (Å²) in [5.74, 6) is -2.10. The summed E-state index contributed by atoms with van der Waals surface area (Å²) in [6.45, 7) is 5.17. The van der Waals surface area contributed by atoms with Gasteiger partial charge in [-0.3, -0.25) is 9.59 Å². The van der Waals surface area contributed by atoms with E-state index < -0.39 is 35.9 Å². The number of ether oxygens (including phenoxy) is 2. The van der Waals surface area contributed by atoms with Gasteiger partial charge in [-0.1, -0.05) is 25.1 Å². The molecule has 0 radical (unpaired) electrons. The third kappa shape index (κ3) is 6.95. The van der Waals surface area contributed by atoms with Gasteiger partial charge in [0.2, 0.25) is 0 Å². The van der Waals surface area contributed by atoms with E-state index in [0.29, 0.717) is 16.8 Å². The number of anilines is 1. The molecule has 2 atom stereocenters. The van der Waals surface area contributed by atoms with Crippen LogP contribution >= 0.6 is 0 Å².